The fourth-order valence-electron chi connectivity index (χ4n) is 4.06. The van der Waals surface area contributed by atoms with E-state index < -0.39 is 26.2 Å². The number of halogens is 2. The van der Waals surface area contributed by atoms with Gasteiger partial charge in [0.15, 0.2) is 0 Å². The van der Waals surface area contributed by atoms with E-state index in [9.17, 15) is 0 Å². The van der Waals surface area contributed by atoms with Crippen molar-refractivity contribution in [3.8, 4) is 22.3 Å². The maximum atomic E-state index is 5.65. The van der Waals surface area contributed by atoms with Crippen molar-refractivity contribution >= 4 is 48.5 Å². The molecule has 0 fully saturated rings. The Morgan fingerprint density at radius 3 is 1.31 bits per heavy atom. The van der Waals surface area contributed by atoms with Gasteiger partial charge in [0.25, 0.3) is 0 Å². The number of hydrogen-bond donors (Lipinski definition) is 0. The summed E-state index contributed by atoms with van der Waals surface area (Å²) in [5.41, 5.74) is 5.23. The molecule has 0 saturated heterocycles. The Hall–Kier alpha value is -1.89. The number of hydrogen-bond acceptors (Lipinski definition) is 0. The Balaban J connectivity index is 0.000000139. The topological polar surface area (TPSA) is 0 Å². The van der Waals surface area contributed by atoms with Gasteiger partial charge in [-0.15, -0.1) is 0 Å². The molecule has 0 aliphatic carbocycles. The van der Waals surface area contributed by atoms with Crippen LogP contribution in [0.1, 0.15) is 0 Å². The molecule has 0 amide bonds. The van der Waals surface area contributed by atoms with Gasteiger partial charge in [-0.2, -0.15) is 47.5 Å². The van der Waals surface area contributed by atoms with E-state index in [4.69, 9.17) is 17.0 Å². The minimum atomic E-state index is -1.59. The first kappa shape index (κ1) is 27.1. The predicted molar refractivity (Wildman–Crippen MR) is 159 cm³/mol. The Kier molecular flexibility index (Phi) is 10.3. The van der Waals surface area contributed by atoms with Crippen molar-refractivity contribution < 1.29 is 16.2 Å². The van der Waals surface area contributed by atoms with Crippen molar-refractivity contribution in [1.82, 2.24) is 0 Å². The quantitative estimate of drug-likeness (QED) is 0.130. The van der Waals surface area contributed by atoms with Crippen molar-refractivity contribution in [2.24, 2.45) is 0 Å². The van der Waals surface area contributed by atoms with Crippen molar-refractivity contribution in [2.75, 3.05) is 0 Å². The fraction of sp³-hybridized carbons (Fsp3) is 0.0625. The molecule has 0 bridgehead atoms. The maximum absolute atomic E-state index is 5.65. The molecule has 0 nitrogen and oxygen atoms in total. The van der Waals surface area contributed by atoms with Crippen LogP contribution < -0.4 is 0 Å². The molecule has 0 saturated carbocycles. The summed E-state index contributed by atoms with van der Waals surface area (Å²) in [7, 11) is 10.6. The molecule has 0 aromatic heterocycles. The van der Waals surface area contributed by atoms with E-state index in [2.05, 4.69) is 145 Å². The molecule has 6 rings (SSSR count). The van der Waals surface area contributed by atoms with E-state index in [-0.39, 0.29) is 0 Å². The van der Waals surface area contributed by atoms with Crippen molar-refractivity contribution in [3.05, 3.63) is 133 Å². The van der Waals surface area contributed by atoms with Crippen LogP contribution in [-0.4, -0.2) is 9.98 Å². The van der Waals surface area contributed by atoms with Gasteiger partial charge in [-0.25, -0.2) is 12.1 Å². The second kappa shape index (κ2) is 13.6. The summed E-state index contributed by atoms with van der Waals surface area (Å²) in [4.78, 5) is 0. The molecule has 4 heteroatoms. The second-order valence-corrected chi connectivity index (χ2v) is 46.6. The van der Waals surface area contributed by atoms with Crippen molar-refractivity contribution in [2.45, 2.75) is 11.5 Å². The second-order valence-electron chi connectivity index (χ2n) is 8.66. The van der Waals surface area contributed by atoms with Gasteiger partial charge < -0.3 is 0 Å². The summed E-state index contributed by atoms with van der Waals surface area (Å²) in [6, 6.07) is 46.8. The number of benzene rings is 4. The summed E-state index contributed by atoms with van der Waals surface area (Å²) in [5.74, 6) is 4.46. The zero-order chi connectivity index (χ0) is 25.3. The molecular weight excluding hydrogens is 619 g/mol. The first-order chi connectivity index (χ1) is 17.5. The van der Waals surface area contributed by atoms with Crippen LogP contribution in [0.3, 0.4) is 0 Å². The molecule has 0 heterocycles. The molecule has 0 spiro atoms. The molecule has 0 N–H and O–H groups in total. The molecule has 0 radical (unpaired) electrons. The summed E-state index contributed by atoms with van der Waals surface area (Å²) >= 11 is -1.59. The van der Waals surface area contributed by atoms with E-state index in [1.165, 1.54) is 43.8 Å². The molecule has 6 aromatic rings. The first-order valence-electron chi connectivity index (χ1n) is 11.9. The predicted octanol–water partition coefficient (Wildman–Crippen LogP) is 10.6. The van der Waals surface area contributed by atoms with E-state index in [1.807, 2.05) is 0 Å². The standard InChI is InChI=1S/2C15H11.C2H6Ge.2ClH.Zr/c2*1-2-7-12(6-1)15-11-5-9-13-8-3-4-10-14(13)15;1-3-2;;;/h2*1-11H;1-2H3;2*1H;/q2*-1;;;;+2/p-2. The summed E-state index contributed by atoms with van der Waals surface area (Å²) in [5, 5.41) is 5.25. The van der Waals surface area contributed by atoms with Crippen LogP contribution >= 0.6 is 17.0 Å². The van der Waals surface area contributed by atoms with E-state index in [1.54, 1.807) is 0 Å². The van der Waals surface area contributed by atoms with E-state index >= 15 is 0 Å². The molecule has 180 valence electrons. The molecule has 0 unspecified atom stereocenters. The third-order valence-corrected chi connectivity index (χ3v) is 40.4. The van der Waals surface area contributed by atoms with Gasteiger partial charge in [0.1, 0.15) is 0 Å². The van der Waals surface area contributed by atoms with Gasteiger partial charge in [-0.3, -0.25) is 0 Å². The molecular formula is C32H28Cl2GeZr-2. The normalized spacial score (nSPS) is 10.2. The summed E-state index contributed by atoms with van der Waals surface area (Å²) in [6.45, 7) is 0. The zero-order valence-corrected chi connectivity index (χ0v) is 26.5. The van der Waals surface area contributed by atoms with Gasteiger partial charge in [-0.1, -0.05) is 96.1 Å². The average Bonchev–Trinajstić information content (AvgIpc) is 3.64. The summed E-state index contributed by atoms with van der Waals surface area (Å²) in [6.07, 6.45) is 0. The maximum Gasteiger partial charge on any atom is -0.0189 e. The minimum Gasteiger partial charge on any atom is -0.206 e. The van der Waals surface area contributed by atoms with Crippen LogP contribution in [0.5, 0.6) is 0 Å². The molecule has 0 atom stereocenters. The zero-order valence-electron chi connectivity index (χ0n) is 20.5. The number of fused-ring (bicyclic) bond motifs is 2. The number of rotatable bonds is 2. The SMILES string of the molecule is [CH3][Ge]([CH3])=[Zr]([Cl])[Cl].c1ccc2c(-c3cc[cH-]c3)cccc2c1.c1ccc2c(-c3cc[cH-]c3)cccc2c1. The Bertz CT molecular complexity index is 1430. The van der Waals surface area contributed by atoms with Gasteiger partial charge in [0.05, 0.1) is 0 Å². The van der Waals surface area contributed by atoms with Crippen molar-refractivity contribution in [3.63, 3.8) is 0 Å². The first-order valence-corrected chi connectivity index (χ1v) is 29.9. The Labute approximate surface area is 230 Å². The van der Waals surface area contributed by atoms with Crippen LogP contribution in [0.4, 0.5) is 0 Å². The third kappa shape index (κ3) is 7.11. The van der Waals surface area contributed by atoms with Crippen LogP contribution in [-0.2, 0) is 16.2 Å². The van der Waals surface area contributed by atoms with Crippen molar-refractivity contribution in [1.29, 1.82) is 0 Å². The van der Waals surface area contributed by atoms with Crippen LogP contribution in [0, 0.1) is 0 Å². The molecule has 0 aliphatic heterocycles. The van der Waals surface area contributed by atoms with Gasteiger partial charge in [0.2, 0.25) is 0 Å². The van der Waals surface area contributed by atoms with E-state index in [0.717, 1.165) is 0 Å². The monoisotopic (exact) mass is 646 g/mol. The molecule has 36 heavy (non-hydrogen) atoms. The Morgan fingerprint density at radius 2 is 0.944 bits per heavy atom. The van der Waals surface area contributed by atoms with E-state index in [0.29, 0.717) is 0 Å². The Morgan fingerprint density at radius 1 is 0.556 bits per heavy atom. The third-order valence-electron chi connectivity index (χ3n) is 5.90. The average molecular weight is 647 g/mol. The molecule has 0 aliphatic rings. The van der Waals surface area contributed by atoms with Crippen LogP contribution in [0.25, 0.3) is 43.8 Å². The van der Waals surface area contributed by atoms with Gasteiger partial charge in [-0.05, 0) is 21.5 Å². The van der Waals surface area contributed by atoms with Crippen LogP contribution in [0.15, 0.2) is 133 Å². The smallest absolute Gasteiger partial charge is 0.0189 e. The fourth-order valence-corrected chi connectivity index (χ4v) is 4.06. The van der Waals surface area contributed by atoms with Gasteiger partial charge >= 0.3 is 54.8 Å². The molecule has 6 aromatic carbocycles. The van der Waals surface area contributed by atoms with Crippen LogP contribution in [0.2, 0.25) is 11.5 Å². The minimum absolute atomic E-state index is 0.735. The summed E-state index contributed by atoms with van der Waals surface area (Å²) < 4.78 is 0. The largest absolute Gasteiger partial charge is 0.206 e. The van der Waals surface area contributed by atoms with Gasteiger partial charge in [0, 0.05) is 0 Å².